The third-order valence-electron chi connectivity index (χ3n) is 4.81. The third kappa shape index (κ3) is 3.12. The zero-order chi connectivity index (χ0) is 19.3. The molecule has 140 valence electrons. The number of halogens is 2. The molecule has 0 aliphatic carbocycles. The van der Waals surface area contributed by atoms with Gasteiger partial charge in [0.25, 0.3) is 5.56 Å². The normalized spacial score (nSPS) is 15.8. The predicted octanol–water partition coefficient (Wildman–Crippen LogP) is 2.70. The summed E-state index contributed by atoms with van der Waals surface area (Å²) in [5, 5.41) is 0.416. The summed E-state index contributed by atoms with van der Waals surface area (Å²) in [6.07, 6.45) is 6.69. The second-order valence-corrected chi connectivity index (χ2v) is 7.57. The van der Waals surface area contributed by atoms with Crippen molar-refractivity contribution in [2.75, 3.05) is 13.1 Å². The molecule has 1 saturated heterocycles. The fourth-order valence-electron chi connectivity index (χ4n) is 3.39. The Morgan fingerprint density at radius 2 is 2.07 bits per heavy atom. The summed E-state index contributed by atoms with van der Waals surface area (Å²) in [6, 6.07) is 3.70. The Bertz CT molecular complexity index is 1110. The lowest BCUT2D eigenvalue weighted by Gasteiger charge is -2.42. The SMILES string of the molecule is Cc1cc(-c2ccn3ccn(CC(=O)N4CC(C)(F)C4)c(=O)c23)cnc1Cl. The van der Waals surface area contributed by atoms with Crippen molar-refractivity contribution in [3.63, 3.8) is 0 Å². The van der Waals surface area contributed by atoms with Gasteiger partial charge in [-0.1, -0.05) is 11.6 Å². The monoisotopic (exact) mass is 388 g/mol. The van der Waals surface area contributed by atoms with E-state index in [2.05, 4.69) is 4.98 Å². The minimum absolute atomic E-state index is 0.0644. The van der Waals surface area contributed by atoms with Crippen molar-refractivity contribution in [3.8, 4) is 11.1 Å². The molecule has 4 heterocycles. The highest BCUT2D eigenvalue weighted by Crippen LogP contribution is 2.26. The van der Waals surface area contributed by atoms with Crippen LogP contribution in [0.5, 0.6) is 0 Å². The average Bonchev–Trinajstić information content (AvgIpc) is 3.02. The second-order valence-electron chi connectivity index (χ2n) is 7.21. The van der Waals surface area contributed by atoms with Crippen LogP contribution >= 0.6 is 11.6 Å². The van der Waals surface area contributed by atoms with E-state index in [1.54, 1.807) is 29.2 Å². The van der Waals surface area contributed by atoms with Crippen molar-refractivity contribution in [1.82, 2.24) is 18.9 Å². The van der Waals surface area contributed by atoms with Gasteiger partial charge in [-0.25, -0.2) is 9.37 Å². The summed E-state index contributed by atoms with van der Waals surface area (Å²) in [5.41, 5.74) is 1.13. The van der Waals surface area contributed by atoms with Crippen LogP contribution in [-0.4, -0.2) is 43.5 Å². The molecule has 0 spiro atoms. The number of rotatable bonds is 3. The molecule has 0 aromatic carbocycles. The number of aromatic nitrogens is 3. The number of pyridine rings is 1. The lowest BCUT2D eigenvalue weighted by atomic mass is 9.99. The van der Waals surface area contributed by atoms with Crippen LogP contribution in [0.3, 0.4) is 0 Å². The van der Waals surface area contributed by atoms with E-state index in [0.29, 0.717) is 16.2 Å². The molecule has 0 saturated carbocycles. The van der Waals surface area contributed by atoms with E-state index in [0.717, 1.165) is 11.1 Å². The molecule has 8 heteroatoms. The summed E-state index contributed by atoms with van der Waals surface area (Å²) >= 11 is 5.99. The van der Waals surface area contributed by atoms with Gasteiger partial charge in [-0.3, -0.25) is 9.59 Å². The molecule has 27 heavy (non-hydrogen) atoms. The van der Waals surface area contributed by atoms with Crippen LogP contribution in [0.15, 0.2) is 41.7 Å². The lowest BCUT2D eigenvalue weighted by Crippen LogP contribution is -2.60. The summed E-state index contributed by atoms with van der Waals surface area (Å²) < 4.78 is 16.7. The van der Waals surface area contributed by atoms with Gasteiger partial charge in [0.05, 0.1) is 13.1 Å². The third-order valence-corrected chi connectivity index (χ3v) is 5.21. The largest absolute Gasteiger partial charge is 0.335 e. The van der Waals surface area contributed by atoms with Crippen molar-refractivity contribution in [2.45, 2.75) is 26.1 Å². The van der Waals surface area contributed by atoms with Crippen LogP contribution in [0.1, 0.15) is 12.5 Å². The standard InChI is InChI=1S/C19H18ClFN4O2/c1-12-7-13(8-22-17(12)20)14-3-4-23-5-6-24(18(27)16(14)23)9-15(26)25-10-19(2,21)11-25/h3-8H,9-11H2,1-2H3. The minimum atomic E-state index is -1.33. The number of amides is 1. The summed E-state index contributed by atoms with van der Waals surface area (Å²) in [6.45, 7) is 3.32. The van der Waals surface area contributed by atoms with E-state index in [-0.39, 0.29) is 31.1 Å². The maximum Gasteiger partial charge on any atom is 0.275 e. The van der Waals surface area contributed by atoms with Crippen LogP contribution in [-0.2, 0) is 11.3 Å². The first-order valence-electron chi connectivity index (χ1n) is 8.54. The number of alkyl halides is 1. The molecule has 1 amide bonds. The van der Waals surface area contributed by atoms with E-state index >= 15 is 0 Å². The minimum Gasteiger partial charge on any atom is -0.335 e. The molecule has 6 nitrogen and oxygen atoms in total. The van der Waals surface area contributed by atoms with Crippen molar-refractivity contribution < 1.29 is 9.18 Å². The molecule has 1 fully saturated rings. The number of carbonyl (C=O) groups is 1. The molecule has 0 radical (unpaired) electrons. The van der Waals surface area contributed by atoms with Gasteiger partial charge in [-0.2, -0.15) is 0 Å². The topological polar surface area (TPSA) is 59.6 Å². The highest BCUT2D eigenvalue weighted by molar-refractivity contribution is 6.30. The Hall–Kier alpha value is -2.67. The number of carbonyl (C=O) groups excluding carboxylic acids is 1. The molecule has 4 rings (SSSR count). The van der Waals surface area contributed by atoms with E-state index in [4.69, 9.17) is 11.6 Å². The molecule has 0 bridgehead atoms. The van der Waals surface area contributed by atoms with Crippen LogP contribution < -0.4 is 5.56 Å². The molecule has 1 aliphatic rings. The zero-order valence-electron chi connectivity index (χ0n) is 14.9. The summed E-state index contributed by atoms with van der Waals surface area (Å²) in [5.74, 6) is -0.270. The van der Waals surface area contributed by atoms with Gasteiger partial charge in [-0.15, -0.1) is 0 Å². The van der Waals surface area contributed by atoms with Crippen molar-refractivity contribution >= 4 is 23.0 Å². The Morgan fingerprint density at radius 1 is 1.33 bits per heavy atom. The Labute approximate surface area is 159 Å². The van der Waals surface area contributed by atoms with E-state index in [1.807, 2.05) is 19.1 Å². The highest BCUT2D eigenvalue weighted by atomic mass is 35.5. The first kappa shape index (κ1) is 17.7. The molecule has 0 N–H and O–H groups in total. The van der Waals surface area contributed by atoms with Crippen molar-refractivity contribution in [2.24, 2.45) is 0 Å². The van der Waals surface area contributed by atoms with Crippen LogP contribution in [0.25, 0.3) is 16.6 Å². The zero-order valence-corrected chi connectivity index (χ0v) is 15.7. The predicted molar refractivity (Wildman–Crippen MR) is 101 cm³/mol. The quantitative estimate of drug-likeness (QED) is 0.648. The molecular weight excluding hydrogens is 371 g/mol. The number of nitrogens with zero attached hydrogens (tertiary/aromatic N) is 4. The number of likely N-dealkylation sites (tertiary alicyclic amines) is 1. The van der Waals surface area contributed by atoms with E-state index in [1.165, 1.54) is 16.4 Å². The van der Waals surface area contributed by atoms with Gasteiger partial charge in [-0.05, 0) is 31.5 Å². The molecular formula is C19H18ClFN4O2. The summed E-state index contributed by atoms with van der Waals surface area (Å²) in [7, 11) is 0. The van der Waals surface area contributed by atoms with E-state index < -0.39 is 5.67 Å². The lowest BCUT2D eigenvalue weighted by molar-refractivity contribution is -0.144. The summed E-state index contributed by atoms with van der Waals surface area (Å²) in [4.78, 5) is 30.9. The fourth-order valence-corrected chi connectivity index (χ4v) is 3.49. The maximum absolute atomic E-state index is 13.6. The molecule has 3 aromatic rings. The molecule has 3 aromatic heterocycles. The average molecular weight is 389 g/mol. The number of aryl methyl sites for hydroxylation is 1. The molecule has 0 atom stereocenters. The van der Waals surface area contributed by atoms with Gasteiger partial charge in [0, 0.05) is 35.9 Å². The fraction of sp³-hybridized carbons (Fsp3) is 0.316. The van der Waals surface area contributed by atoms with Crippen LogP contribution in [0.2, 0.25) is 5.15 Å². The highest BCUT2D eigenvalue weighted by Gasteiger charge is 2.41. The maximum atomic E-state index is 13.6. The number of hydrogen-bond donors (Lipinski definition) is 0. The van der Waals surface area contributed by atoms with Crippen LogP contribution in [0.4, 0.5) is 4.39 Å². The van der Waals surface area contributed by atoms with E-state index in [9.17, 15) is 14.0 Å². The Balaban J connectivity index is 1.70. The molecule has 0 unspecified atom stereocenters. The number of fused-ring (bicyclic) bond motifs is 1. The Kier molecular flexibility index (Phi) is 4.07. The smallest absolute Gasteiger partial charge is 0.275 e. The van der Waals surface area contributed by atoms with Crippen molar-refractivity contribution in [3.05, 3.63) is 58.0 Å². The van der Waals surface area contributed by atoms with Crippen LogP contribution in [0, 0.1) is 6.92 Å². The van der Waals surface area contributed by atoms with Gasteiger partial charge in [0.15, 0.2) is 0 Å². The van der Waals surface area contributed by atoms with Gasteiger partial charge < -0.3 is 13.9 Å². The van der Waals surface area contributed by atoms with Gasteiger partial charge >= 0.3 is 0 Å². The number of hydrogen-bond acceptors (Lipinski definition) is 3. The first-order valence-corrected chi connectivity index (χ1v) is 8.92. The van der Waals surface area contributed by atoms with Crippen molar-refractivity contribution in [1.29, 1.82) is 0 Å². The first-order chi connectivity index (χ1) is 12.7. The molecule has 1 aliphatic heterocycles. The van der Waals surface area contributed by atoms with Gasteiger partial charge in [0.1, 0.15) is 22.9 Å². The Morgan fingerprint density at radius 3 is 2.74 bits per heavy atom. The second kappa shape index (κ2) is 6.20. The van der Waals surface area contributed by atoms with Gasteiger partial charge in [0.2, 0.25) is 5.91 Å².